The number of nitro benzene ring substituents is 1. The Morgan fingerprint density at radius 1 is 1.10 bits per heavy atom. The number of ether oxygens (including phenoxy) is 2. The number of non-ortho nitro benzene ring substituents is 1. The molecule has 0 unspecified atom stereocenters. The molecule has 0 aromatic heterocycles. The molecule has 0 radical (unpaired) electrons. The quantitative estimate of drug-likeness (QED) is 0.420. The zero-order valence-corrected chi connectivity index (χ0v) is 16.2. The lowest BCUT2D eigenvalue weighted by atomic mass is 10.2. The third-order valence-corrected chi connectivity index (χ3v) is 3.60. The molecule has 2 amide bonds. The summed E-state index contributed by atoms with van der Waals surface area (Å²) < 4.78 is 10.9. The Hall–Kier alpha value is -3.88. The van der Waals surface area contributed by atoms with Crippen LogP contribution in [-0.2, 0) is 4.79 Å². The minimum atomic E-state index is -0.674. The van der Waals surface area contributed by atoms with Crippen LogP contribution in [0.1, 0.15) is 29.8 Å². The maximum atomic E-state index is 12.0. The summed E-state index contributed by atoms with van der Waals surface area (Å²) in [6, 6.07) is 10.4. The topological polar surface area (TPSA) is 120 Å². The predicted molar refractivity (Wildman–Crippen MR) is 106 cm³/mol. The number of hydrazine groups is 1. The maximum Gasteiger partial charge on any atom is 0.270 e. The van der Waals surface area contributed by atoms with E-state index in [1.165, 1.54) is 37.5 Å². The third kappa shape index (κ3) is 6.35. The number of hydrogen-bond donors (Lipinski definition) is 2. The maximum absolute atomic E-state index is 12.0. The molecule has 2 aromatic carbocycles. The van der Waals surface area contributed by atoms with Gasteiger partial charge < -0.3 is 9.47 Å². The van der Waals surface area contributed by atoms with Gasteiger partial charge in [0.15, 0.2) is 11.5 Å². The monoisotopic (exact) mass is 399 g/mol. The minimum absolute atomic E-state index is 0.00858. The lowest BCUT2D eigenvalue weighted by molar-refractivity contribution is -0.384. The number of benzene rings is 2. The van der Waals surface area contributed by atoms with Gasteiger partial charge >= 0.3 is 0 Å². The van der Waals surface area contributed by atoms with Crippen molar-refractivity contribution in [1.29, 1.82) is 0 Å². The Morgan fingerprint density at radius 2 is 1.86 bits per heavy atom. The fourth-order valence-corrected chi connectivity index (χ4v) is 2.30. The summed E-state index contributed by atoms with van der Waals surface area (Å²) in [7, 11) is 1.52. The Balaban J connectivity index is 1.96. The molecule has 0 bridgehead atoms. The number of nitrogens with zero attached hydrogens (tertiary/aromatic N) is 1. The molecule has 0 atom stereocenters. The molecule has 9 nitrogen and oxygen atoms in total. The van der Waals surface area contributed by atoms with Crippen LogP contribution in [0, 0.1) is 10.1 Å². The van der Waals surface area contributed by atoms with Crippen LogP contribution in [0.4, 0.5) is 5.69 Å². The van der Waals surface area contributed by atoms with Gasteiger partial charge in [0.1, 0.15) is 0 Å². The van der Waals surface area contributed by atoms with E-state index in [4.69, 9.17) is 9.47 Å². The lowest BCUT2D eigenvalue weighted by Gasteiger charge is -2.13. The summed E-state index contributed by atoms with van der Waals surface area (Å²) in [5, 5.41) is 10.8. The zero-order valence-electron chi connectivity index (χ0n) is 16.2. The van der Waals surface area contributed by atoms with E-state index in [1.54, 1.807) is 18.2 Å². The first kappa shape index (κ1) is 21.4. The van der Waals surface area contributed by atoms with Gasteiger partial charge in [-0.15, -0.1) is 0 Å². The highest BCUT2D eigenvalue weighted by Crippen LogP contribution is 2.29. The second kappa shape index (κ2) is 9.88. The largest absolute Gasteiger partial charge is 0.493 e. The Morgan fingerprint density at radius 3 is 2.52 bits per heavy atom. The first-order valence-corrected chi connectivity index (χ1v) is 8.67. The van der Waals surface area contributed by atoms with E-state index >= 15 is 0 Å². The zero-order chi connectivity index (χ0) is 21.4. The molecule has 0 spiro atoms. The number of nitrogens with one attached hydrogen (secondary N) is 2. The van der Waals surface area contributed by atoms with E-state index in [0.717, 1.165) is 6.07 Å². The number of carbonyl (C=O) groups is 2. The average Bonchev–Trinajstić information content (AvgIpc) is 2.70. The van der Waals surface area contributed by atoms with Gasteiger partial charge in [-0.3, -0.25) is 30.6 Å². The van der Waals surface area contributed by atoms with Gasteiger partial charge in [0.05, 0.1) is 18.1 Å². The predicted octanol–water partition coefficient (Wildman–Crippen LogP) is 2.87. The molecule has 0 heterocycles. The normalized spacial score (nSPS) is 10.6. The van der Waals surface area contributed by atoms with Gasteiger partial charge in [0, 0.05) is 23.8 Å². The third-order valence-electron chi connectivity index (χ3n) is 3.60. The number of rotatable bonds is 7. The number of hydrogen-bond acceptors (Lipinski definition) is 6. The van der Waals surface area contributed by atoms with Crippen molar-refractivity contribution in [2.45, 2.75) is 20.0 Å². The summed E-state index contributed by atoms with van der Waals surface area (Å²) >= 11 is 0. The molecule has 9 heteroatoms. The fraction of sp³-hybridized carbons (Fsp3) is 0.200. The number of methoxy groups -OCH3 is 1. The van der Waals surface area contributed by atoms with Gasteiger partial charge in [-0.1, -0.05) is 12.1 Å². The van der Waals surface area contributed by atoms with Crippen LogP contribution in [0.2, 0.25) is 0 Å². The van der Waals surface area contributed by atoms with Crippen LogP contribution in [-0.4, -0.2) is 30.0 Å². The summed E-state index contributed by atoms with van der Waals surface area (Å²) in [6.45, 7) is 3.80. The van der Waals surface area contributed by atoms with E-state index in [0.29, 0.717) is 17.1 Å². The summed E-state index contributed by atoms with van der Waals surface area (Å²) in [4.78, 5) is 34.1. The van der Waals surface area contributed by atoms with Crippen LogP contribution in [0.5, 0.6) is 11.5 Å². The number of amides is 2. The molecule has 0 aliphatic rings. The fourth-order valence-electron chi connectivity index (χ4n) is 2.30. The molecule has 0 aliphatic carbocycles. The van der Waals surface area contributed by atoms with Crippen LogP contribution in [0.15, 0.2) is 48.5 Å². The van der Waals surface area contributed by atoms with Crippen LogP contribution >= 0.6 is 0 Å². The van der Waals surface area contributed by atoms with Gasteiger partial charge in [-0.2, -0.15) is 0 Å². The molecule has 2 N–H and O–H groups in total. The van der Waals surface area contributed by atoms with Crippen molar-refractivity contribution in [3.8, 4) is 11.5 Å². The lowest BCUT2D eigenvalue weighted by Crippen LogP contribution is -2.40. The highest BCUT2D eigenvalue weighted by molar-refractivity contribution is 5.98. The number of nitro groups is 1. The van der Waals surface area contributed by atoms with E-state index in [-0.39, 0.29) is 17.4 Å². The van der Waals surface area contributed by atoms with Crippen molar-refractivity contribution in [1.82, 2.24) is 10.9 Å². The standard InChI is InChI=1S/C20H21N3O6/c1-13(2)29-17-9-7-14(11-18(17)28-3)8-10-19(24)21-22-20(25)15-5-4-6-16(12-15)23(26)27/h4-13H,1-3H3,(H,21,24)(H,22,25)/b10-8+. The van der Waals surface area contributed by atoms with Crippen LogP contribution < -0.4 is 20.3 Å². The molecule has 0 aliphatic heterocycles. The first-order chi connectivity index (χ1) is 13.8. The molecule has 0 fully saturated rings. The smallest absolute Gasteiger partial charge is 0.270 e. The van der Waals surface area contributed by atoms with E-state index in [1.807, 2.05) is 13.8 Å². The van der Waals surface area contributed by atoms with Crippen LogP contribution in [0.3, 0.4) is 0 Å². The highest BCUT2D eigenvalue weighted by atomic mass is 16.6. The van der Waals surface area contributed by atoms with E-state index in [2.05, 4.69) is 10.9 Å². The van der Waals surface area contributed by atoms with Crippen molar-refractivity contribution >= 4 is 23.6 Å². The Labute approximate surface area is 167 Å². The summed E-state index contributed by atoms with van der Waals surface area (Å²) in [5.41, 5.74) is 4.94. The Kier molecular flexibility index (Phi) is 7.30. The molecule has 29 heavy (non-hydrogen) atoms. The van der Waals surface area contributed by atoms with Crippen molar-refractivity contribution in [3.63, 3.8) is 0 Å². The molecular weight excluding hydrogens is 378 g/mol. The van der Waals surface area contributed by atoms with Gasteiger partial charge in [-0.05, 0) is 43.7 Å². The van der Waals surface area contributed by atoms with Crippen molar-refractivity contribution in [2.24, 2.45) is 0 Å². The van der Waals surface area contributed by atoms with Gasteiger partial charge in [0.2, 0.25) is 0 Å². The molecule has 2 rings (SSSR count). The molecule has 2 aromatic rings. The molecule has 152 valence electrons. The average molecular weight is 399 g/mol. The second-order valence-electron chi connectivity index (χ2n) is 6.16. The molecular formula is C20H21N3O6. The molecule has 0 saturated heterocycles. The summed E-state index contributed by atoms with van der Waals surface area (Å²) in [6.07, 6.45) is 2.76. The van der Waals surface area contributed by atoms with Gasteiger partial charge in [0.25, 0.3) is 17.5 Å². The highest BCUT2D eigenvalue weighted by Gasteiger charge is 2.12. The first-order valence-electron chi connectivity index (χ1n) is 8.67. The molecule has 0 saturated carbocycles. The van der Waals surface area contributed by atoms with Crippen molar-refractivity contribution < 1.29 is 24.0 Å². The number of carbonyl (C=O) groups excluding carboxylic acids is 2. The second-order valence-corrected chi connectivity index (χ2v) is 6.16. The van der Waals surface area contributed by atoms with E-state index < -0.39 is 16.7 Å². The SMILES string of the molecule is COc1cc(/C=C/C(=O)NNC(=O)c2cccc([N+](=O)[O-])c2)ccc1OC(C)C. The Bertz CT molecular complexity index is 940. The van der Waals surface area contributed by atoms with Crippen molar-refractivity contribution in [2.75, 3.05) is 7.11 Å². The van der Waals surface area contributed by atoms with Gasteiger partial charge in [-0.25, -0.2) is 0 Å². The van der Waals surface area contributed by atoms with Crippen molar-refractivity contribution in [3.05, 3.63) is 69.8 Å². The van der Waals surface area contributed by atoms with Crippen LogP contribution in [0.25, 0.3) is 6.08 Å². The summed E-state index contributed by atoms with van der Waals surface area (Å²) in [5.74, 6) is -0.133. The minimum Gasteiger partial charge on any atom is -0.493 e. The van der Waals surface area contributed by atoms with E-state index in [9.17, 15) is 19.7 Å².